The number of H-pyrrole nitrogens is 1. The zero-order valence-corrected chi connectivity index (χ0v) is 67.8. The first kappa shape index (κ1) is 97.5. The summed E-state index contributed by atoms with van der Waals surface area (Å²) >= 11 is 0. The minimum atomic E-state index is -1.74. The predicted molar refractivity (Wildman–Crippen MR) is 415 cm³/mol. The summed E-state index contributed by atoms with van der Waals surface area (Å²) in [5.41, 5.74) is 12.8. The van der Waals surface area contributed by atoms with Crippen molar-refractivity contribution in [3.63, 3.8) is 0 Å². The van der Waals surface area contributed by atoms with Crippen LogP contribution >= 0.6 is 0 Å². The number of carbonyl (C=O) groups is 15. The van der Waals surface area contributed by atoms with E-state index in [2.05, 4.69) is 79.1 Å². The average molecular weight is 1600 g/mol. The lowest BCUT2D eigenvalue weighted by Crippen LogP contribution is -2.62. The van der Waals surface area contributed by atoms with Gasteiger partial charge >= 0.3 is 0 Å². The number of imidazole rings is 1. The van der Waals surface area contributed by atoms with E-state index in [1.807, 2.05) is 32.0 Å². The van der Waals surface area contributed by atoms with E-state index < -0.39 is 223 Å². The number of aromatic nitrogens is 2. The van der Waals surface area contributed by atoms with Crippen molar-refractivity contribution in [1.29, 1.82) is 0 Å². The molecule has 1 aromatic heterocycles. The van der Waals surface area contributed by atoms with Crippen LogP contribution in [0.1, 0.15) is 166 Å². The molecule has 0 aliphatic carbocycles. The Kier molecular flexibility index (Phi) is 41.7. The Labute approximate surface area is 661 Å². The van der Waals surface area contributed by atoms with Gasteiger partial charge in [-0.05, 0) is 98.9 Å². The second-order valence-corrected chi connectivity index (χ2v) is 31.2. The topological polar surface area (TPSA) is 577 Å². The number of hydrogen-bond acceptors (Lipinski definition) is 21. The van der Waals surface area contributed by atoms with Crippen LogP contribution < -0.4 is 80.6 Å². The van der Waals surface area contributed by atoms with Crippen molar-refractivity contribution < 1.29 is 92.3 Å². The van der Waals surface area contributed by atoms with Gasteiger partial charge in [-0.3, -0.25) is 71.9 Å². The second-order valence-electron chi connectivity index (χ2n) is 31.2. The van der Waals surface area contributed by atoms with E-state index in [1.54, 1.807) is 95.2 Å². The molecular weight excluding hydrogens is 1470 g/mol. The number of nitrogens with zero attached hydrogens (tertiary/aromatic N) is 2. The molecule has 1 fully saturated rings. The number of aromatic amines is 1. The Balaban J connectivity index is 1.79. The van der Waals surface area contributed by atoms with Crippen LogP contribution in [0.2, 0.25) is 0 Å². The van der Waals surface area contributed by atoms with Crippen LogP contribution in [-0.4, -0.2) is 248 Å². The van der Waals surface area contributed by atoms with Crippen LogP contribution in [0.25, 0.3) is 0 Å². The monoisotopic (exact) mass is 1590 g/mol. The van der Waals surface area contributed by atoms with Crippen LogP contribution in [0.15, 0.2) is 42.9 Å². The van der Waals surface area contributed by atoms with Gasteiger partial charge in [-0.15, -0.1) is 0 Å². The Hall–Kier alpha value is -9.72. The van der Waals surface area contributed by atoms with Gasteiger partial charge in [0.1, 0.15) is 84.6 Å². The standard InChI is InChI=1S/C76H126N18O19/c1-16-43(13)60(75(112)90-54(33-95)69(106)81-45(15)63(100)83-50(27-39(5)6)65(102)88-57(36-98)72(109)89-55(34-96)70(107)82-49(62(78)99)26-38(3)4)92-74(111)59(42(11)12)91-68(105)53(31-47-32-79-37-80-47)86-73(110)58-24-21-25-94(58)76(113)61(44(14)17-2)93-67(104)52(29-41(9)10)85-71(108)56(35-97)87-66(103)51(28-40(7)8)84-64(101)48(77)30-46-22-19-18-20-23-46/h18-20,22-23,32,37-45,48-61,95-98H,16-17,21,24-31,33-36,77H2,1-15H3,(H2,78,99)(H,79,80)(H,81,106)(H,82,107)(H,83,100)(H,84,101)(H,85,108)(H,86,110)(H,87,103)(H,88,102)(H,89,109)(H,90,112)(H,91,105)(H,92,111)(H,93,104)/t43-,44-,45-,48-,49-,50-,51-,52-,53-,54-,55-,56-,57-,58-,59-,60-,61-/m0/s1. The highest BCUT2D eigenvalue weighted by Gasteiger charge is 2.43. The fourth-order valence-electron chi connectivity index (χ4n) is 12.4. The molecule has 0 unspecified atom stereocenters. The summed E-state index contributed by atoms with van der Waals surface area (Å²) in [5, 5.41) is 74.0. The largest absolute Gasteiger partial charge is 0.394 e. The molecule has 1 aliphatic rings. The molecule has 1 saturated heterocycles. The molecule has 0 radical (unpaired) electrons. The molecule has 37 heteroatoms. The number of likely N-dealkylation sites (tertiary alicyclic amines) is 1. The van der Waals surface area contributed by atoms with E-state index in [0.29, 0.717) is 18.5 Å². The Morgan fingerprint density at radius 1 is 0.442 bits per heavy atom. The minimum absolute atomic E-state index is 0.0387. The van der Waals surface area contributed by atoms with Gasteiger partial charge in [0.15, 0.2) is 0 Å². The normalized spacial score (nSPS) is 17.1. The molecule has 113 heavy (non-hydrogen) atoms. The number of hydrogen-bond donors (Lipinski definition) is 20. The molecule has 0 spiro atoms. The number of amides is 15. The van der Waals surface area contributed by atoms with E-state index in [0.717, 1.165) is 5.56 Å². The third-order valence-corrected chi connectivity index (χ3v) is 19.3. The highest BCUT2D eigenvalue weighted by Crippen LogP contribution is 2.23. The molecular formula is C76H126N18O19. The summed E-state index contributed by atoms with van der Waals surface area (Å²) in [5.74, 6) is -15.8. The van der Waals surface area contributed by atoms with Crippen LogP contribution in [0.5, 0.6) is 0 Å². The van der Waals surface area contributed by atoms with Crippen molar-refractivity contribution in [2.75, 3.05) is 33.0 Å². The van der Waals surface area contributed by atoms with Gasteiger partial charge in [0.05, 0.1) is 38.8 Å². The van der Waals surface area contributed by atoms with Gasteiger partial charge in [0.25, 0.3) is 0 Å². The zero-order chi connectivity index (χ0) is 85.3. The molecule has 0 bridgehead atoms. The molecule has 634 valence electrons. The van der Waals surface area contributed by atoms with Crippen molar-refractivity contribution in [3.8, 4) is 0 Å². The zero-order valence-electron chi connectivity index (χ0n) is 67.8. The van der Waals surface area contributed by atoms with E-state index in [-0.39, 0.29) is 81.6 Å². The smallest absolute Gasteiger partial charge is 0.246 e. The Morgan fingerprint density at radius 2 is 0.814 bits per heavy atom. The van der Waals surface area contributed by atoms with Crippen LogP contribution in [0.3, 0.4) is 0 Å². The summed E-state index contributed by atoms with van der Waals surface area (Å²) in [6, 6.07) is -11.9. The summed E-state index contributed by atoms with van der Waals surface area (Å²) in [4.78, 5) is 216. The first-order valence-electron chi connectivity index (χ1n) is 38.9. The lowest BCUT2D eigenvalue weighted by molar-refractivity contribution is -0.143. The van der Waals surface area contributed by atoms with Crippen molar-refractivity contribution in [1.82, 2.24) is 84.0 Å². The summed E-state index contributed by atoms with van der Waals surface area (Å²) in [6.45, 7) is 21.7. The number of carbonyl (C=O) groups excluding carboxylic acids is 15. The Morgan fingerprint density at radius 3 is 1.25 bits per heavy atom. The number of benzene rings is 1. The minimum Gasteiger partial charge on any atom is -0.394 e. The summed E-state index contributed by atoms with van der Waals surface area (Å²) < 4.78 is 0. The number of rotatable bonds is 49. The van der Waals surface area contributed by atoms with Crippen molar-refractivity contribution in [3.05, 3.63) is 54.1 Å². The Bertz CT molecular complexity index is 3470. The third kappa shape index (κ3) is 32.0. The predicted octanol–water partition coefficient (Wildman–Crippen LogP) is -3.78. The van der Waals surface area contributed by atoms with Gasteiger partial charge in [0, 0.05) is 24.9 Å². The summed E-state index contributed by atoms with van der Waals surface area (Å²) in [7, 11) is 0. The maximum Gasteiger partial charge on any atom is 0.246 e. The molecule has 15 amide bonds. The van der Waals surface area contributed by atoms with Crippen LogP contribution in [0.4, 0.5) is 0 Å². The highest BCUT2D eigenvalue weighted by atomic mass is 16.3. The molecule has 2 aromatic rings. The second kappa shape index (κ2) is 48.4. The van der Waals surface area contributed by atoms with Crippen molar-refractivity contribution in [2.45, 2.75) is 259 Å². The van der Waals surface area contributed by atoms with Gasteiger partial charge in [-0.1, -0.05) is 140 Å². The average Bonchev–Trinajstić information content (AvgIpc) is 1.70. The fourth-order valence-corrected chi connectivity index (χ4v) is 12.4. The number of primary amides is 1. The van der Waals surface area contributed by atoms with E-state index >= 15 is 0 Å². The SMILES string of the molecule is CC[C@H](C)[C@H](NC(=O)[C@@H](NC(=O)[C@H](Cc1cnc[nH]1)NC(=O)[C@@H]1CCCN1C(=O)[C@@H](NC(=O)[C@H](CC(C)C)NC(=O)[C@H](CO)NC(=O)[C@H](CC(C)C)NC(=O)[C@@H](N)Cc1ccccc1)[C@@H](C)CC)C(C)C)C(=O)N[C@@H](CO)C(=O)N[C@@H](C)C(=O)N[C@@H](CC(C)C)C(=O)N[C@@H](CO)C(=O)N[C@@H](CO)C(=O)N[C@@H](CC(C)C)C(N)=O. The number of aliphatic hydroxyl groups is 4. The molecule has 2 heterocycles. The fraction of sp³-hybridized carbons (Fsp3) is 0.684. The van der Waals surface area contributed by atoms with E-state index in [9.17, 15) is 92.3 Å². The quantitative estimate of drug-likeness (QED) is 0.0302. The lowest BCUT2D eigenvalue weighted by atomic mass is 9.95. The maximum atomic E-state index is 14.9. The maximum absolute atomic E-state index is 14.9. The first-order valence-corrected chi connectivity index (χ1v) is 38.9. The molecule has 1 aromatic carbocycles. The molecule has 17 atom stereocenters. The molecule has 37 nitrogen and oxygen atoms in total. The van der Waals surface area contributed by atoms with Crippen molar-refractivity contribution in [2.24, 2.45) is 52.9 Å². The van der Waals surface area contributed by atoms with Gasteiger partial charge in [-0.25, -0.2) is 4.98 Å². The van der Waals surface area contributed by atoms with E-state index in [1.165, 1.54) is 24.3 Å². The van der Waals surface area contributed by atoms with Gasteiger partial charge < -0.3 is 111 Å². The third-order valence-electron chi connectivity index (χ3n) is 19.3. The lowest BCUT2D eigenvalue weighted by Gasteiger charge is -2.33. The van der Waals surface area contributed by atoms with Crippen LogP contribution in [0, 0.1) is 41.4 Å². The van der Waals surface area contributed by atoms with Gasteiger partial charge in [-0.2, -0.15) is 0 Å². The first-order chi connectivity index (χ1) is 53.1. The molecule has 0 saturated carbocycles. The van der Waals surface area contributed by atoms with E-state index in [4.69, 9.17) is 11.5 Å². The molecule has 1 aliphatic heterocycles. The number of nitrogens with one attached hydrogen (secondary N) is 14. The molecule has 3 rings (SSSR count). The number of aliphatic hydroxyl groups excluding tert-OH is 4. The van der Waals surface area contributed by atoms with Crippen molar-refractivity contribution >= 4 is 88.6 Å². The summed E-state index contributed by atoms with van der Waals surface area (Å²) in [6.07, 6.45) is 4.10. The molecule has 22 N–H and O–H groups in total. The highest BCUT2D eigenvalue weighted by molar-refractivity contribution is 6.01. The van der Waals surface area contributed by atoms with Gasteiger partial charge in [0.2, 0.25) is 88.6 Å². The van der Waals surface area contributed by atoms with Crippen LogP contribution in [-0.2, 0) is 84.8 Å². The number of nitrogens with two attached hydrogens (primary N) is 2.